The lowest BCUT2D eigenvalue weighted by atomic mass is 10.1. The van der Waals surface area contributed by atoms with Crippen molar-refractivity contribution >= 4 is 0 Å². The summed E-state index contributed by atoms with van der Waals surface area (Å²) in [6, 6.07) is 0. The molecule has 0 atom stereocenters. The number of aromatic nitrogens is 2. The molecule has 1 aromatic heterocycles. The molecule has 0 saturated carbocycles. The second kappa shape index (κ2) is 6.52. The lowest BCUT2D eigenvalue weighted by Gasteiger charge is -2.01. The average molecular weight is 192 g/mol. The Morgan fingerprint density at radius 3 is 2.57 bits per heavy atom. The summed E-state index contributed by atoms with van der Waals surface area (Å²) in [6.45, 7) is 4.24. The second-order valence-electron chi connectivity index (χ2n) is 3.82. The fraction of sp³-hybridized carbons (Fsp3) is 0.667. The summed E-state index contributed by atoms with van der Waals surface area (Å²) in [5.41, 5.74) is 2.16. The lowest BCUT2D eigenvalue weighted by Crippen LogP contribution is -1.93. The molecule has 0 bridgehead atoms. The standard InChI is InChI=1S/C12H20N2/c1-3-4-5-6-7-8-12-10-13-9-11(2)14-12/h9-10H,3-8H2,1-2H3. The van der Waals surface area contributed by atoms with Gasteiger partial charge in [0, 0.05) is 12.4 Å². The zero-order chi connectivity index (χ0) is 10.2. The first kappa shape index (κ1) is 11.2. The molecule has 0 saturated heterocycles. The SMILES string of the molecule is CCCCCCCc1cncc(C)n1. The highest BCUT2D eigenvalue weighted by Gasteiger charge is 1.95. The molecule has 14 heavy (non-hydrogen) atoms. The molecule has 2 heteroatoms. The molecule has 0 aliphatic rings. The second-order valence-corrected chi connectivity index (χ2v) is 3.82. The zero-order valence-electron chi connectivity index (χ0n) is 9.29. The van der Waals surface area contributed by atoms with E-state index in [1.807, 2.05) is 13.1 Å². The van der Waals surface area contributed by atoms with E-state index in [0.29, 0.717) is 0 Å². The van der Waals surface area contributed by atoms with Gasteiger partial charge < -0.3 is 0 Å². The summed E-state index contributed by atoms with van der Waals surface area (Å²) in [5, 5.41) is 0. The maximum atomic E-state index is 4.43. The molecular formula is C12H20N2. The summed E-state index contributed by atoms with van der Waals surface area (Å²) >= 11 is 0. The Kier molecular flexibility index (Phi) is 5.20. The lowest BCUT2D eigenvalue weighted by molar-refractivity contribution is 0.627. The maximum absolute atomic E-state index is 4.43. The Bertz CT molecular complexity index is 258. The fourth-order valence-corrected chi connectivity index (χ4v) is 1.55. The van der Waals surface area contributed by atoms with E-state index >= 15 is 0 Å². The molecular weight excluding hydrogens is 172 g/mol. The van der Waals surface area contributed by atoms with E-state index in [0.717, 1.165) is 17.8 Å². The molecule has 2 nitrogen and oxygen atoms in total. The Balaban J connectivity index is 2.18. The molecule has 0 N–H and O–H groups in total. The predicted molar refractivity (Wildman–Crippen MR) is 59.2 cm³/mol. The van der Waals surface area contributed by atoms with Gasteiger partial charge in [-0.25, -0.2) is 0 Å². The first-order chi connectivity index (χ1) is 6.83. The van der Waals surface area contributed by atoms with Gasteiger partial charge >= 0.3 is 0 Å². The van der Waals surface area contributed by atoms with Crippen LogP contribution >= 0.6 is 0 Å². The number of hydrogen-bond donors (Lipinski definition) is 0. The maximum Gasteiger partial charge on any atom is 0.0589 e. The van der Waals surface area contributed by atoms with Crippen molar-refractivity contribution in [3.8, 4) is 0 Å². The third kappa shape index (κ3) is 4.35. The van der Waals surface area contributed by atoms with Crippen LogP contribution in [0.3, 0.4) is 0 Å². The molecule has 0 aliphatic heterocycles. The van der Waals surface area contributed by atoms with Gasteiger partial charge in [0.2, 0.25) is 0 Å². The van der Waals surface area contributed by atoms with Crippen LogP contribution in [-0.4, -0.2) is 9.97 Å². The van der Waals surface area contributed by atoms with E-state index in [1.54, 1.807) is 6.20 Å². The van der Waals surface area contributed by atoms with Gasteiger partial charge in [0.25, 0.3) is 0 Å². The number of rotatable bonds is 6. The summed E-state index contributed by atoms with van der Waals surface area (Å²) in [5.74, 6) is 0. The topological polar surface area (TPSA) is 25.8 Å². The average Bonchev–Trinajstić information content (AvgIpc) is 2.18. The van der Waals surface area contributed by atoms with E-state index in [9.17, 15) is 0 Å². The molecule has 1 aromatic rings. The molecule has 78 valence electrons. The zero-order valence-corrected chi connectivity index (χ0v) is 9.29. The van der Waals surface area contributed by atoms with Crippen LogP contribution in [0, 0.1) is 6.92 Å². The third-order valence-electron chi connectivity index (χ3n) is 2.34. The Morgan fingerprint density at radius 2 is 1.86 bits per heavy atom. The minimum atomic E-state index is 1.02. The number of hydrogen-bond acceptors (Lipinski definition) is 2. The molecule has 0 radical (unpaired) electrons. The molecule has 0 unspecified atom stereocenters. The van der Waals surface area contributed by atoms with Crippen molar-refractivity contribution in [1.29, 1.82) is 0 Å². The van der Waals surface area contributed by atoms with Crippen molar-refractivity contribution in [1.82, 2.24) is 9.97 Å². The summed E-state index contributed by atoms with van der Waals surface area (Å²) < 4.78 is 0. The monoisotopic (exact) mass is 192 g/mol. The van der Waals surface area contributed by atoms with Crippen LogP contribution in [0.25, 0.3) is 0 Å². The molecule has 1 heterocycles. The van der Waals surface area contributed by atoms with Crippen LogP contribution in [0.15, 0.2) is 12.4 Å². The molecule has 1 rings (SSSR count). The number of unbranched alkanes of at least 4 members (excludes halogenated alkanes) is 4. The van der Waals surface area contributed by atoms with Crippen molar-refractivity contribution in [2.24, 2.45) is 0 Å². The number of nitrogens with zero attached hydrogens (tertiary/aromatic N) is 2. The van der Waals surface area contributed by atoms with Crippen molar-refractivity contribution in [3.05, 3.63) is 23.8 Å². The largest absolute Gasteiger partial charge is 0.261 e. The molecule has 0 amide bonds. The minimum Gasteiger partial charge on any atom is -0.261 e. The van der Waals surface area contributed by atoms with Gasteiger partial charge in [-0.3, -0.25) is 9.97 Å². The highest BCUT2D eigenvalue weighted by molar-refractivity contribution is 5.01. The van der Waals surface area contributed by atoms with E-state index in [4.69, 9.17) is 0 Å². The summed E-state index contributed by atoms with van der Waals surface area (Å²) in [6.07, 6.45) is 11.4. The van der Waals surface area contributed by atoms with Crippen molar-refractivity contribution in [2.45, 2.75) is 52.4 Å². The van der Waals surface area contributed by atoms with Gasteiger partial charge in [0.05, 0.1) is 11.4 Å². The third-order valence-corrected chi connectivity index (χ3v) is 2.34. The van der Waals surface area contributed by atoms with Crippen LogP contribution in [0.4, 0.5) is 0 Å². The smallest absolute Gasteiger partial charge is 0.0589 e. The van der Waals surface area contributed by atoms with E-state index in [2.05, 4.69) is 16.9 Å². The molecule has 0 aliphatic carbocycles. The van der Waals surface area contributed by atoms with Gasteiger partial charge in [-0.2, -0.15) is 0 Å². The van der Waals surface area contributed by atoms with E-state index in [-0.39, 0.29) is 0 Å². The van der Waals surface area contributed by atoms with E-state index in [1.165, 1.54) is 32.1 Å². The van der Waals surface area contributed by atoms with Crippen LogP contribution < -0.4 is 0 Å². The quantitative estimate of drug-likeness (QED) is 0.646. The summed E-state index contributed by atoms with van der Waals surface area (Å²) in [7, 11) is 0. The van der Waals surface area contributed by atoms with E-state index < -0.39 is 0 Å². The highest BCUT2D eigenvalue weighted by Crippen LogP contribution is 2.06. The first-order valence-electron chi connectivity index (χ1n) is 5.60. The van der Waals surface area contributed by atoms with Crippen molar-refractivity contribution < 1.29 is 0 Å². The molecule has 0 fully saturated rings. The Hall–Kier alpha value is -0.920. The van der Waals surface area contributed by atoms with Crippen molar-refractivity contribution in [2.75, 3.05) is 0 Å². The summed E-state index contributed by atoms with van der Waals surface area (Å²) in [4.78, 5) is 8.57. The molecule has 0 aromatic carbocycles. The normalized spacial score (nSPS) is 10.4. The van der Waals surface area contributed by atoms with Gasteiger partial charge in [-0.1, -0.05) is 32.6 Å². The number of aryl methyl sites for hydroxylation is 2. The first-order valence-corrected chi connectivity index (χ1v) is 5.60. The van der Waals surface area contributed by atoms with Crippen LogP contribution in [-0.2, 0) is 6.42 Å². The predicted octanol–water partition coefficient (Wildman–Crippen LogP) is 3.30. The van der Waals surface area contributed by atoms with Gasteiger partial charge in [-0.15, -0.1) is 0 Å². The fourth-order valence-electron chi connectivity index (χ4n) is 1.55. The van der Waals surface area contributed by atoms with Crippen molar-refractivity contribution in [3.63, 3.8) is 0 Å². The van der Waals surface area contributed by atoms with Gasteiger partial charge in [-0.05, 0) is 19.8 Å². The Labute approximate surface area is 86.8 Å². The van der Waals surface area contributed by atoms with Crippen LogP contribution in [0.5, 0.6) is 0 Å². The molecule has 0 spiro atoms. The van der Waals surface area contributed by atoms with Gasteiger partial charge in [0.15, 0.2) is 0 Å². The van der Waals surface area contributed by atoms with Crippen LogP contribution in [0.2, 0.25) is 0 Å². The highest BCUT2D eigenvalue weighted by atomic mass is 14.8. The minimum absolute atomic E-state index is 1.02. The van der Waals surface area contributed by atoms with Gasteiger partial charge in [0.1, 0.15) is 0 Å². The van der Waals surface area contributed by atoms with Crippen LogP contribution in [0.1, 0.15) is 50.4 Å². The Morgan fingerprint density at radius 1 is 1.07 bits per heavy atom.